The van der Waals surface area contributed by atoms with Crippen LogP contribution < -0.4 is 10.2 Å². The zero-order valence-electron chi connectivity index (χ0n) is 17.7. The van der Waals surface area contributed by atoms with Crippen LogP contribution in [0.4, 0.5) is 33.5 Å². The quantitative estimate of drug-likeness (QED) is 0.492. The van der Waals surface area contributed by atoms with Crippen molar-refractivity contribution in [3.8, 4) is 0 Å². The molecule has 3 aromatic rings. The molecule has 1 amide bonds. The number of carbonyl (C=O) groups is 1. The summed E-state index contributed by atoms with van der Waals surface area (Å²) in [4.78, 5) is 14.2. The first-order valence-corrected chi connectivity index (χ1v) is 10.4. The van der Waals surface area contributed by atoms with Crippen LogP contribution in [0.1, 0.15) is 34.5 Å². The molecule has 5 nitrogen and oxygen atoms in total. The number of carbonyl (C=O) groups excluding carboxylic acids is 1. The Balaban J connectivity index is 1.40. The minimum atomic E-state index is -4.57. The zero-order chi connectivity index (χ0) is 24.3. The van der Waals surface area contributed by atoms with Gasteiger partial charge in [0.2, 0.25) is 0 Å². The van der Waals surface area contributed by atoms with E-state index in [-0.39, 0.29) is 11.3 Å². The molecule has 0 spiro atoms. The summed E-state index contributed by atoms with van der Waals surface area (Å²) in [6.45, 7) is 0.969. The number of nitrogens with zero attached hydrogens (tertiary/aromatic N) is 3. The fourth-order valence-electron chi connectivity index (χ4n) is 3.64. The number of rotatable bonds is 4. The highest BCUT2D eigenvalue weighted by molar-refractivity contribution is 6.02. The van der Waals surface area contributed by atoms with E-state index in [9.17, 15) is 26.7 Å². The van der Waals surface area contributed by atoms with E-state index >= 15 is 0 Å². The van der Waals surface area contributed by atoms with Crippen molar-refractivity contribution in [3.63, 3.8) is 0 Å². The fraction of sp³-hybridized carbons (Fsp3) is 0.208. The van der Waals surface area contributed by atoms with Gasteiger partial charge in [0, 0.05) is 18.8 Å². The molecule has 0 radical (unpaired) electrons. The van der Waals surface area contributed by atoms with Gasteiger partial charge in [0.25, 0.3) is 5.91 Å². The van der Waals surface area contributed by atoms with Crippen molar-refractivity contribution in [3.05, 3.63) is 88.6 Å². The number of amides is 1. The third-order valence-corrected chi connectivity index (χ3v) is 5.39. The predicted octanol–water partition coefficient (Wildman–Crippen LogP) is 5.71. The molecular formula is C24H19F5N4O. The van der Waals surface area contributed by atoms with E-state index in [4.69, 9.17) is 0 Å². The van der Waals surface area contributed by atoms with E-state index in [1.807, 2.05) is 4.90 Å². The van der Waals surface area contributed by atoms with E-state index < -0.39 is 29.3 Å². The smallest absolute Gasteiger partial charge is 0.354 e. The Hall–Kier alpha value is -3.82. The van der Waals surface area contributed by atoms with Gasteiger partial charge in [-0.3, -0.25) is 4.79 Å². The lowest BCUT2D eigenvalue weighted by Gasteiger charge is -2.29. The summed E-state index contributed by atoms with van der Waals surface area (Å²) in [6, 6.07) is 10.9. The molecule has 2 aromatic carbocycles. The number of aromatic nitrogens is 2. The molecule has 0 bridgehead atoms. The molecule has 1 N–H and O–H groups in total. The van der Waals surface area contributed by atoms with Gasteiger partial charge in [-0.2, -0.15) is 13.2 Å². The molecule has 1 aliphatic heterocycles. The highest BCUT2D eigenvalue weighted by Gasteiger charge is 2.33. The van der Waals surface area contributed by atoms with Crippen LogP contribution >= 0.6 is 0 Å². The van der Waals surface area contributed by atoms with Crippen LogP contribution in [-0.2, 0) is 6.18 Å². The van der Waals surface area contributed by atoms with E-state index in [2.05, 4.69) is 15.5 Å². The molecule has 0 atom stereocenters. The molecule has 10 heteroatoms. The number of alkyl halides is 3. The molecule has 1 saturated heterocycles. The van der Waals surface area contributed by atoms with Crippen LogP contribution in [0.25, 0.3) is 6.08 Å². The monoisotopic (exact) mass is 474 g/mol. The number of halogens is 5. The molecule has 2 heterocycles. The number of benzene rings is 2. The van der Waals surface area contributed by atoms with Crippen molar-refractivity contribution >= 4 is 23.5 Å². The zero-order valence-corrected chi connectivity index (χ0v) is 17.7. The van der Waals surface area contributed by atoms with Crippen molar-refractivity contribution in [2.24, 2.45) is 0 Å². The average Bonchev–Trinajstić information content (AvgIpc) is 2.80. The normalized spacial score (nSPS) is 14.1. The molecule has 1 fully saturated rings. The number of anilines is 2. The van der Waals surface area contributed by atoms with Crippen LogP contribution in [0.2, 0.25) is 0 Å². The maximum Gasteiger partial charge on any atom is 0.416 e. The molecule has 1 aromatic heterocycles. The van der Waals surface area contributed by atoms with Crippen molar-refractivity contribution in [1.29, 1.82) is 0 Å². The lowest BCUT2D eigenvalue weighted by molar-refractivity contribution is -0.137. The standard InChI is InChI=1S/C24H19F5N4O/c25-17-1-4-19(5-2-17)30-23(34)21-7-8-22(32-31-21)33-11-9-15(10-12-33)13-16-14-18(26)3-6-20(16)24(27,28)29/h1-8,13-14H,9-12H2,(H,30,34). The SMILES string of the molecule is O=C(Nc1ccc(F)cc1)c1ccc(N2CCC(=Cc3cc(F)ccc3C(F)(F)F)CC2)nn1. The van der Waals surface area contributed by atoms with Gasteiger partial charge in [0.05, 0.1) is 5.56 Å². The first-order chi connectivity index (χ1) is 16.2. The molecule has 0 unspecified atom stereocenters. The maximum atomic E-state index is 13.5. The van der Waals surface area contributed by atoms with Gasteiger partial charge < -0.3 is 10.2 Å². The summed E-state index contributed by atoms with van der Waals surface area (Å²) in [5, 5.41) is 10.6. The first kappa shape index (κ1) is 23.3. The minimum Gasteiger partial charge on any atom is -0.354 e. The third-order valence-electron chi connectivity index (χ3n) is 5.39. The molecule has 176 valence electrons. The second kappa shape index (κ2) is 9.58. The van der Waals surface area contributed by atoms with Gasteiger partial charge in [0.15, 0.2) is 11.5 Å². The van der Waals surface area contributed by atoms with E-state index in [0.717, 1.165) is 23.8 Å². The number of piperidine rings is 1. The predicted molar refractivity (Wildman–Crippen MR) is 117 cm³/mol. The molecule has 1 aliphatic rings. The van der Waals surface area contributed by atoms with Crippen molar-refractivity contribution in [2.75, 3.05) is 23.3 Å². The largest absolute Gasteiger partial charge is 0.416 e. The van der Waals surface area contributed by atoms with Crippen LogP contribution in [0.3, 0.4) is 0 Å². The molecule has 34 heavy (non-hydrogen) atoms. The average molecular weight is 474 g/mol. The van der Waals surface area contributed by atoms with Crippen molar-refractivity contribution in [1.82, 2.24) is 10.2 Å². The minimum absolute atomic E-state index is 0.0800. The van der Waals surface area contributed by atoms with Gasteiger partial charge in [-0.15, -0.1) is 10.2 Å². The van der Waals surface area contributed by atoms with Crippen LogP contribution in [-0.4, -0.2) is 29.2 Å². The Labute approximate surface area is 191 Å². The van der Waals surface area contributed by atoms with Gasteiger partial charge >= 0.3 is 6.18 Å². The number of hydrogen-bond acceptors (Lipinski definition) is 4. The fourth-order valence-corrected chi connectivity index (χ4v) is 3.64. The van der Waals surface area contributed by atoms with Crippen molar-refractivity contribution in [2.45, 2.75) is 19.0 Å². The third kappa shape index (κ3) is 5.56. The van der Waals surface area contributed by atoms with Gasteiger partial charge in [-0.25, -0.2) is 8.78 Å². The first-order valence-electron chi connectivity index (χ1n) is 10.4. The Morgan fingerprint density at radius 1 is 0.912 bits per heavy atom. The summed E-state index contributed by atoms with van der Waals surface area (Å²) in [5.41, 5.74) is 0.211. The Kier molecular flexibility index (Phi) is 6.58. The van der Waals surface area contributed by atoms with Crippen LogP contribution in [0.5, 0.6) is 0 Å². The van der Waals surface area contributed by atoms with Gasteiger partial charge in [-0.1, -0.05) is 11.6 Å². The van der Waals surface area contributed by atoms with Gasteiger partial charge in [-0.05, 0) is 73.0 Å². The van der Waals surface area contributed by atoms with Crippen LogP contribution in [0, 0.1) is 11.6 Å². The Morgan fingerprint density at radius 3 is 2.21 bits per heavy atom. The Bertz CT molecular complexity index is 1200. The maximum absolute atomic E-state index is 13.5. The summed E-state index contributed by atoms with van der Waals surface area (Å²) in [5.74, 6) is -1.11. The van der Waals surface area contributed by atoms with E-state index in [0.29, 0.717) is 37.4 Å². The molecule has 4 rings (SSSR count). The summed E-state index contributed by atoms with van der Waals surface area (Å²) >= 11 is 0. The second-order valence-electron chi connectivity index (χ2n) is 7.76. The Morgan fingerprint density at radius 2 is 1.59 bits per heavy atom. The molecule has 0 aliphatic carbocycles. The summed E-state index contributed by atoms with van der Waals surface area (Å²) in [6.07, 6.45) is -2.22. The summed E-state index contributed by atoms with van der Waals surface area (Å²) < 4.78 is 66.2. The number of hydrogen-bond donors (Lipinski definition) is 1. The lowest BCUT2D eigenvalue weighted by atomic mass is 9.98. The topological polar surface area (TPSA) is 58.1 Å². The second-order valence-corrected chi connectivity index (χ2v) is 7.76. The molecular weight excluding hydrogens is 455 g/mol. The molecule has 0 saturated carbocycles. The van der Waals surface area contributed by atoms with Crippen LogP contribution in [0.15, 0.2) is 60.2 Å². The highest BCUT2D eigenvalue weighted by Crippen LogP contribution is 2.34. The van der Waals surface area contributed by atoms with E-state index in [1.165, 1.54) is 36.4 Å². The number of nitrogens with one attached hydrogen (secondary N) is 1. The van der Waals surface area contributed by atoms with Crippen molar-refractivity contribution < 1.29 is 26.7 Å². The van der Waals surface area contributed by atoms with E-state index in [1.54, 1.807) is 6.07 Å². The lowest BCUT2D eigenvalue weighted by Crippen LogP contribution is -2.31. The summed E-state index contributed by atoms with van der Waals surface area (Å²) in [7, 11) is 0. The highest BCUT2D eigenvalue weighted by atomic mass is 19.4. The van der Waals surface area contributed by atoms with Gasteiger partial charge in [0.1, 0.15) is 11.6 Å².